The van der Waals surface area contributed by atoms with Crippen LogP contribution in [0.1, 0.15) is 41.1 Å². The standard InChI is InChI=1S/C19H25FN4O2/c1-11-18(12(2)24(4)22-11)19-15(9-17(26)23(19)3)21-10-16(25)13-7-5-6-8-14(13)20/h5-8,15-16,19,21,25H,9-10H2,1-4H3/t15-,16+,19-/m1/s1. The number of rotatable bonds is 5. The lowest BCUT2D eigenvalue weighted by molar-refractivity contribution is -0.127. The van der Waals surface area contributed by atoms with Crippen LogP contribution in [0.3, 0.4) is 0 Å². The zero-order valence-corrected chi connectivity index (χ0v) is 15.5. The largest absolute Gasteiger partial charge is 0.387 e. The van der Waals surface area contributed by atoms with Crippen molar-refractivity contribution in [1.82, 2.24) is 20.0 Å². The third-order valence-corrected chi connectivity index (χ3v) is 5.28. The summed E-state index contributed by atoms with van der Waals surface area (Å²) in [6.45, 7) is 4.09. The van der Waals surface area contributed by atoms with Crippen LogP contribution in [0.25, 0.3) is 0 Å². The molecule has 1 aliphatic rings. The number of carbonyl (C=O) groups is 1. The number of benzene rings is 1. The van der Waals surface area contributed by atoms with E-state index in [4.69, 9.17) is 0 Å². The van der Waals surface area contributed by atoms with Crippen LogP contribution in [0.2, 0.25) is 0 Å². The van der Waals surface area contributed by atoms with Crippen LogP contribution in [0, 0.1) is 19.7 Å². The molecular weight excluding hydrogens is 335 g/mol. The van der Waals surface area contributed by atoms with Gasteiger partial charge in [0, 0.05) is 49.9 Å². The summed E-state index contributed by atoms with van der Waals surface area (Å²) in [5, 5.41) is 18.1. The van der Waals surface area contributed by atoms with Crippen LogP contribution in [-0.2, 0) is 11.8 Å². The zero-order valence-electron chi connectivity index (χ0n) is 15.5. The predicted molar refractivity (Wildman–Crippen MR) is 96.0 cm³/mol. The van der Waals surface area contributed by atoms with Gasteiger partial charge < -0.3 is 15.3 Å². The Morgan fingerprint density at radius 1 is 1.35 bits per heavy atom. The fraction of sp³-hybridized carbons (Fsp3) is 0.474. The highest BCUT2D eigenvalue weighted by Gasteiger charge is 2.41. The van der Waals surface area contributed by atoms with Gasteiger partial charge in [-0.25, -0.2) is 4.39 Å². The van der Waals surface area contributed by atoms with Crippen LogP contribution in [-0.4, -0.2) is 45.3 Å². The first-order valence-corrected chi connectivity index (χ1v) is 8.73. The highest BCUT2D eigenvalue weighted by atomic mass is 19.1. The van der Waals surface area contributed by atoms with Crippen molar-refractivity contribution in [3.05, 3.63) is 52.6 Å². The molecule has 1 amide bonds. The van der Waals surface area contributed by atoms with E-state index in [-0.39, 0.29) is 30.1 Å². The zero-order chi connectivity index (χ0) is 19.0. The van der Waals surface area contributed by atoms with Crippen molar-refractivity contribution in [3.63, 3.8) is 0 Å². The first-order chi connectivity index (χ1) is 12.3. The molecule has 7 heteroatoms. The minimum atomic E-state index is -0.978. The van der Waals surface area contributed by atoms with E-state index >= 15 is 0 Å². The van der Waals surface area contributed by atoms with E-state index in [9.17, 15) is 14.3 Å². The van der Waals surface area contributed by atoms with Crippen molar-refractivity contribution >= 4 is 5.91 Å². The van der Waals surface area contributed by atoms with Crippen molar-refractivity contribution in [2.45, 2.75) is 38.5 Å². The first-order valence-electron chi connectivity index (χ1n) is 8.73. The van der Waals surface area contributed by atoms with Gasteiger partial charge in [0.05, 0.1) is 17.8 Å². The van der Waals surface area contributed by atoms with Crippen molar-refractivity contribution in [3.8, 4) is 0 Å². The number of hydrogen-bond acceptors (Lipinski definition) is 4. The Bertz CT molecular complexity index is 820. The molecule has 1 aliphatic heterocycles. The molecule has 2 N–H and O–H groups in total. The van der Waals surface area contributed by atoms with Gasteiger partial charge in [0.25, 0.3) is 0 Å². The summed E-state index contributed by atoms with van der Waals surface area (Å²) in [6.07, 6.45) is -0.646. The summed E-state index contributed by atoms with van der Waals surface area (Å²) in [5.41, 5.74) is 3.18. The third kappa shape index (κ3) is 3.24. The fourth-order valence-corrected chi connectivity index (χ4v) is 3.78. The summed E-state index contributed by atoms with van der Waals surface area (Å²) in [4.78, 5) is 14.0. The Hall–Kier alpha value is -2.25. The lowest BCUT2D eigenvalue weighted by Gasteiger charge is -2.27. The molecule has 0 radical (unpaired) electrons. The summed E-state index contributed by atoms with van der Waals surface area (Å²) >= 11 is 0. The van der Waals surface area contributed by atoms with Crippen LogP contribution in [0.4, 0.5) is 4.39 Å². The molecule has 0 unspecified atom stereocenters. The van der Waals surface area contributed by atoms with Gasteiger partial charge in [0.1, 0.15) is 5.82 Å². The molecule has 1 aromatic carbocycles. The predicted octanol–water partition coefficient (Wildman–Crippen LogP) is 1.77. The number of aromatic nitrogens is 2. The summed E-state index contributed by atoms with van der Waals surface area (Å²) in [7, 11) is 3.67. The second-order valence-electron chi connectivity index (χ2n) is 6.91. The van der Waals surface area contributed by atoms with Crippen molar-refractivity contribution in [2.24, 2.45) is 7.05 Å². The van der Waals surface area contributed by atoms with E-state index in [0.29, 0.717) is 6.42 Å². The number of hydrogen-bond donors (Lipinski definition) is 2. The van der Waals surface area contributed by atoms with Gasteiger partial charge in [-0.1, -0.05) is 18.2 Å². The van der Waals surface area contributed by atoms with E-state index in [0.717, 1.165) is 17.0 Å². The Labute approximate surface area is 152 Å². The number of aryl methyl sites for hydroxylation is 2. The minimum absolute atomic E-state index is 0.0375. The molecule has 0 spiro atoms. The van der Waals surface area contributed by atoms with E-state index in [1.165, 1.54) is 6.07 Å². The van der Waals surface area contributed by atoms with Gasteiger partial charge in [-0.05, 0) is 19.9 Å². The molecule has 26 heavy (non-hydrogen) atoms. The van der Waals surface area contributed by atoms with Crippen LogP contribution in [0.15, 0.2) is 24.3 Å². The summed E-state index contributed by atoms with van der Waals surface area (Å²) < 4.78 is 15.7. The lowest BCUT2D eigenvalue weighted by atomic mass is 9.97. The van der Waals surface area contributed by atoms with Gasteiger partial charge in [-0.15, -0.1) is 0 Å². The van der Waals surface area contributed by atoms with E-state index in [2.05, 4.69) is 10.4 Å². The molecule has 0 aliphatic carbocycles. The van der Waals surface area contributed by atoms with Gasteiger partial charge in [-0.2, -0.15) is 5.10 Å². The number of halogens is 1. The second kappa shape index (κ2) is 7.17. The average Bonchev–Trinajstić information content (AvgIpc) is 3.01. The summed E-state index contributed by atoms with van der Waals surface area (Å²) in [6, 6.07) is 5.85. The molecule has 6 nitrogen and oxygen atoms in total. The molecular formula is C19H25FN4O2. The average molecular weight is 360 g/mol. The van der Waals surface area contributed by atoms with Gasteiger partial charge in [0.2, 0.25) is 5.91 Å². The number of likely N-dealkylation sites (N-methyl/N-ethyl adjacent to an activating group) is 1. The van der Waals surface area contributed by atoms with Crippen LogP contribution in [0.5, 0.6) is 0 Å². The van der Waals surface area contributed by atoms with Crippen molar-refractivity contribution in [1.29, 1.82) is 0 Å². The second-order valence-corrected chi connectivity index (χ2v) is 6.91. The molecule has 2 aromatic rings. The molecule has 140 valence electrons. The maximum Gasteiger partial charge on any atom is 0.224 e. The number of nitrogens with zero attached hydrogens (tertiary/aromatic N) is 3. The monoisotopic (exact) mass is 360 g/mol. The molecule has 2 heterocycles. The highest BCUT2D eigenvalue weighted by molar-refractivity contribution is 5.80. The Morgan fingerprint density at radius 3 is 2.65 bits per heavy atom. The Kier molecular flexibility index (Phi) is 5.11. The van der Waals surface area contributed by atoms with E-state index in [1.807, 2.05) is 25.6 Å². The topological polar surface area (TPSA) is 70.4 Å². The van der Waals surface area contributed by atoms with Gasteiger partial charge in [-0.3, -0.25) is 9.48 Å². The Balaban J connectivity index is 1.80. The molecule has 1 aromatic heterocycles. The van der Waals surface area contributed by atoms with Gasteiger partial charge in [0.15, 0.2) is 0 Å². The quantitative estimate of drug-likeness (QED) is 0.853. The molecule has 0 saturated carbocycles. The van der Waals surface area contributed by atoms with E-state index in [1.54, 1.807) is 30.1 Å². The molecule has 0 bridgehead atoms. The number of aliphatic hydroxyl groups excluding tert-OH is 1. The number of amides is 1. The third-order valence-electron chi connectivity index (χ3n) is 5.28. The molecule has 1 saturated heterocycles. The van der Waals surface area contributed by atoms with Crippen LogP contribution >= 0.6 is 0 Å². The number of nitrogens with one attached hydrogen (secondary N) is 1. The fourth-order valence-electron chi connectivity index (χ4n) is 3.78. The summed E-state index contributed by atoms with van der Waals surface area (Å²) in [5.74, 6) is -0.396. The van der Waals surface area contributed by atoms with E-state index < -0.39 is 11.9 Å². The SMILES string of the molecule is Cc1nn(C)c(C)c1[C@H]1[C@H](NC[C@H](O)c2ccccc2F)CC(=O)N1C. The number of carbonyl (C=O) groups excluding carboxylic acids is 1. The highest BCUT2D eigenvalue weighted by Crippen LogP contribution is 2.35. The maximum atomic E-state index is 13.9. The van der Waals surface area contributed by atoms with Crippen LogP contribution < -0.4 is 5.32 Å². The molecule has 3 atom stereocenters. The number of likely N-dealkylation sites (tertiary alicyclic amines) is 1. The normalized spacial score (nSPS) is 21.5. The number of aliphatic hydroxyl groups is 1. The molecule has 3 rings (SSSR count). The maximum absolute atomic E-state index is 13.9. The lowest BCUT2D eigenvalue weighted by Crippen LogP contribution is -2.38. The smallest absolute Gasteiger partial charge is 0.224 e. The molecule has 1 fully saturated rings. The Morgan fingerprint density at radius 2 is 2.04 bits per heavy atom. The van der Waals surface area contributed by atoms with Crippen molar-refractivity contribution < 1.29 is 14.3 Å². The minimum Gasteiger partial charge on any atom is -0.387 e. The van der Waals surface area contributed by atoms with Gasteiger partial charge >= 0.3 is 0 Å². The first kappa shape index (κ1) is 18.5. The van der Waals surface area contributed by atoms with Crippen molar-refractivity contribution in [2.75, 3.05) is 13.6 Å².